The summed E-state index contributed by atoms with van der Waals surface area (Å²) >= 11 is 1.93. The van der Waals surface area contributed by atoms with Crippen molar-refractivity contribution in [3.8, 4) is 0 Å². The molecule has 76 valence electrons. The van der Waals surface area contributed by atoms with Gasteiger partial charge in [-0.2, -0.15) is 0 Å². The highest BCUT2D eigenvalue weighted by atomic mass is 32.2. The van der Waals surface area contributed by atoms with Crippen LogP contribution in [0.15, 0.2) is 35.2 Å². The maximum Gasteiger partial charge on any atom is 0.0155 e. The van der Waals surface area contributed by atoms with Crippen molar-refractivity contribution < 1.29 is 0 Å². The van der Waals surface area contributed by atoms with Crippen molar-refractivity contribution in [2.75, 3.05) is 12.3 Å². The molecule has 0 radical (unpaired) electrons. The minimum Gasteiger partial charge on any atom is -0.311 e. The van der Waals surface area contributed by atoms with E-state index >= 15 is 0 Å². The molecule has 1 N–H and O–H groups in total. The van der Waals surface area contributed by atoms with Gasteiger partial charge in [0.1, 0.15) is 0 Å². The Morgan fingerprint density at radius 2 is 2.00 bits per heavy atom. The van der Waals surface area contributed by atoms with Gasteiger partial charge in [0, 0.05) is 22.7 Å². The van der Waals surface area contributed by atoms with E-state index in [2.05, 4.69) is 42.6 Å². The van der Waals surface area contributed by atoms with Crippen molar-refractivity contribution in [3.05, 3.63) is 30.3 Å². The van der Waals surface area contributed by atoms with Gasteiger partial charge in [0.05, 0.1) is 0 Å². The topological polar surface area (TPSA) is 12.0 Å². The monoisotopic (exact) mass is 207 g/mol. The van der Waals surface area contributed by atoms with Crippen LogP contribution in [0.3, 0.4) is 0 Å². The first kappa shape index (κ1) is 10.1. The van der Waals surface area contributed by atoms with E-state index in [4.69, 9.17) is 0 Å². The molecule has 2 rings (SSSR count). The van der Waals surface area contributed by atoms with Gasteiger partial charge >= 0.3 is 0 Å². The Hall–Kier alpha value is -0.470. The molecule has 0 saturated heterocycles. The Morgan fingerprint density at radius 1 is 1.29 bits per heavy atom. The molecular formula is C12H17NS. The lowest BCUT2D eigenvalue weighted by Gasteiger charge is -2.10. The fraction of sp³-hybridized carbons (Fsp3) is 0.500. The third-order valence-electron chi connectivity index (χ3n) is 2.67. The summed E-state index contributed by atoms with van der Waals surface area (Å²) in [5.74, 6) is 1.17. The molecule has 1 saturated carbocycles. The molecule has 14 heavy (non-hydrogen) atoms. The van der Waals surface area contributed by atoms with Crippen LogP contribution in [0, 0.1) is 0 Å². The fourth-order valence-corrected chi connectivity index (χ4v) is 2.19. The highest BCUT2D eigenvalue weighted by molar-refractivity contribution is 7.99. The van der Waals surface area contributed by atoms with Crippen molar-refractivity contribution in [3.63, 3.8) is 0 Å². The summed E-state index contributed by atoms with van der Waals surface area (Å²) in [5.41, 5.74) is 0.483. The van der Waals surface area contributed by atoms with Crippen LogP contribution in [0.1, 0.15) is 19.8 Å². The molecule has 1 fully saturated rings. The highest BCUT2D eigenvalue weighted by Gasteiger charge is 2.35. The van der Waals surface area contributed by atoms with Crippen LogP contribution in [-0.2, 0) is 0 Å². The van der Waals surface area contributed by atoms with Crippen LogP contribution in [0.4, 0.5) is 0 Å². The van der Waals surface area contributed by atoms with E-state index < -0.39 is 0 Å². The van der Waals surface area contributed by atoms with Crippen molar-refractivity contribution in [2.24, 2.45) is 0 Å². The summed E-state index contributed by atoms with van der Waals surface area (Å²) < 4.78 is 0. The van der Waals surface area contributed by atoms with Gasteiger partial charge < -0.3 is 5.32 Å². The highest BCUT2D eigenvalue weighted by Crippen LogP contribution is 2.34. The second kappa shape index (κ2) is 4.37. The molecule has 1 aliphatic carbocycles. The quantitative estimate of drug-likeness (QED) is 0.588. The van der Waals surface area contributed by atoms with Crippen molar-refractivity contribution >= 4 is 11.8 Å². The zero-order chi connectivity index (χ0) is 9.86. The molecule has 0 unspecified atom stereocenters. The van der Waals surface area contributed by atoms with Crippen molar-refractivity contribution in [1.29, 1.82) is 0 Å². The van der Waals surface area contributed by atoms with Gasteiger partial charge in [-0.05, 0) is 31.9 Å². The van der Waals surface area contributed by atoms with E-state index in [1.165, 1.54) is 23.5 Å². The molecule has 0 heterocycles. The number of benzene rings is 1. The first-order chi connectivity index (χ1) is 6.79. The summed E-state index contributed by atoms with van der Waals surface area (Å²) in [7, 11) is 0. The number of thioether (sulfide) groups is 1. The molecule has 0 atom stereocenters. The predicted molar refractivity (Wildman–Crippen MR) is 62.8 cm³/mol. The van der Waals surface area contributed by atoms with E-state index in [1.807, 2.05) is 11.8 Å². The lowest BCUT2D eigenvalue weighted by atomic mass is 10.3. The minimum atomic E-state index is 0.483. The Balaban J connectivity index is 1.63. The summed E-state index contributed by atoms with van der Waals surface area (Å²) in [5, 5.41) is 3.58. The van der Waals surface area contributed by atoms with Gasteiger partial charge in [-0.15, -0.1) is 11.8 Å². The first-order valence-electron chi connectivity index (χ1n) is 5.21. The van der Waals surface area contributed by atoms with Gasteiger partial charge in [-0.3, -0.25) is 0 Å². The Kier molecular flexibility index (Phi) is 3.14. The number of hydrogen-bond acceptors (Lipinski definition) is 2. The van der Waals surface area contributed by atoms with Crippen LogP contribution in [0.25, 0.3) is 0 Å². The standard InChI is InChI=1S/C12H17NS/c1-12(7-8-12)13-9-10-14-11-5-3-2-4-6-11/h2-6,13H,7-10H2,1H3. The lowest BCUT2D eigenvalue weighted by molar-refractivity contribution is 0.562. The van der Waals surface area contributed by atoms with Gasteiger partial charge in [-0.1, -0.05) is 18.2 Å². The van der Waals surface area contributed by atoms with Crippen LogP contribution in [-0.4, -0.2) is 17.8 Å². The van der Waals surface area contributed by atoms with E-state index in [-0.39, 0.29) is 0 Å². The summed E-state index contributed by atoms with van der Waals surface area (Å²) in [4.78, 5) is 1.37. The Labute approximate surface area is 90.3 Å². The van der Waals surface area contributed by atoms with E-state index in [9.17, 15) is 0 Å². The normalized spacial score (nSPS) is 18.1. The molecule has 2 heteroatoms. The summed E-state index contributed by atoms with van der Waals surface area (Å²) in [6.07, 6.45) is 2.70. The van der Waals surface area contributed by atoms with Crippen molar-refractivity contribution in [1.82, 2.24) is 5.32 Å². The second-order valence-corrected chi connectivity index (χ2v) is 5.32. The summed E-state index contributed by atoms with van der Waals surface area (Å²) in [6, 6.07) is 10.6. The zero-order valence-electron chi connectivity index (χ0n) is 8.62. The van der Waals surface area contributed by atoms with Gasteiger partial charge in [0.15, 0.2) is 0 Å². The number of hydrogen-bond donors (Lipinski definition) is 1. The molecule has 1 aromatic carbocycles. The molecule has 1 aromatic rings. The van der Waals surface area contributed by atoms with Crippen LogP contribution in [0.5, 0.6) is 0 Å². The lowest BCUT2D eigenvalue weighted by Crippen LogP contribution is -2.29. The maximum absolute atomic E-state index is 3.58. The van der Waals surface area contributed by atoms with Crippen molar-refractivity contribution in [2.45, 2.75) is 30.2 Å². The molecule has 0 aliphatic heterocycles. The molecule has 1 aliphatic rings. The predicted octanol–water partition coefficient (Wildman–Crippen LogP) is 2.92. The van der Waals surface area contributed by atoms with E-state index in [0.717, 1.165) is 6.54 Å². The number of rotatable bonds is 5. The molecular weight excluding hydrogens is 190 g/mol. The maximum atomic E-state index is 3.58. The van der Waals surface area contributed by atoms with Crippen LogP contribution >= 0.6 is 11.8 Å². The minimum absolute atomic E-state index is 0.483. The molecule has 0 bridgehead atoms. The summed E-state index contributed by atoms with van der Waals surface area (Å²) in [6.45, 7) is 3.43. The Morgan fingerprint density at radius 3 is 2.64 bits per heavy atom. The number of nitrogens with one attached hydrogen (secondary N) is 1. The third-order valence-corrected chi connectivity index (χ3v) is 3.68. The SMILES string of the molecule is CC1(NCCSc2ccccc2)CC1. The average molecular weight is 207 g/mol. The Bertz CT molecular complexity index is 280. The second-order valence-electron chi connectivity index (χ2n) is 4.15. The van der Waals surface area contributed by atoms with Crippen LogP contribution in [0.2, 0.25) is 0 Å². The van der Waals surface area contributed by atoms with Gasteiger partial charge in [0.2, 0.25) is 0 Å². The first-order valence-corrected chi connectivity index (χ1v) is 6.20. The molecule has 0 spiro atoms. The third kappa shape index (κ3) is 3.03. The largest absolute Gasteiger partial charge is 0.311 e. The fourth-order valence-electron chi connectivity index (χ4n) is 1.40. The van der Waals surface area contributed by atoms with Crippen LogP contribution < -0.4 is 5.32 Å². The molecule has 1 nitrogen and oxygen atoms in total. The zero-order valence-corrected chi connectivity index (χ0v) is 9.44. The smallest absolute Gasteiger partial charge is 0.0155 e. The van der Waals surface area contributed by atoms with Gasteiger partial charge in [-0.25, -0.2) is 0 Å². The van der Waals surface area contributed by atoms with Gasteiger partial charge in [0.25, 0.3) is 0 Å². The van der Waals surface area contributed by atoms with E-state index in [0.29, 0.717) is 5.54 Å². The molecule has 0 aromatic heterocycles. The average Bonchev–Trinajstić information content (AvgIpc) is 2.94. The van der Waals surface area contributed by atoms with E-state index in [1.54, 1.807) is 0 Å². The molecule has 0 amide bonds.